The first kappa shape index (κ1) is 19.4. The summed E-state index contributed by atoms with van der Waals surface area (Å²) in [6, 6.07) is 5.67. The van der Waals surface area contributed by atoms with E-state index in [1.54, 1.807) is 26.5 Å². The topological polar surface area (TPSA) is 71.0 Å². The van der Waals surface area contributed by atoms with Gasteiger partial charge in [-0.15, -0.1) is 0 Å². The Balaban J connectivity index is 1.51. The number of amides is 1. The molecule has 154 valence electrons. The number of benzene rings is 1. The lowest BCUT2D eigenvalue weighted by Crippen LogP contribution is -2.45. The Morgan fingerprint density at radius 3 is 2.38 bits per heavy atom. The highest BCUT2D eigenvalue weighted by molar-refractivity contribution is 5.92. The van der Waals surface area contributed by atoms with E-state index in [0.717, 1.165) is 43.9 Å². The summed E-state index contributed by atoms with van der Waals surface area (Å²) in [7, 11) is 5.36. The summed E-state index contributed by atoms with van der Waals surface area (Å²) in [5, 5.41) is 0. The molecule has 1 fully saturated rings. The van der Waals surface area contributed by atoms with Crippen molar-refractivity contribution in [3.05, 3.63) is 41.2 Å². The third-order valence-corrected chi connectivity index (χ3v) is 5.65. The molecule has 8 nitrogen and oxygen atoms in total. The summed E-state index contributed by atoms with van der Waals surface area (Å²) in [4.78, 5) is 28.3. The lowest BCUT2D eigenvalue weighted by molar-refractivity contribution is 0.0728. The van der Waals surface area contributed by atoms with Crippen LogP contribution in [0.15, 0.2) is 24.4 Å². The first-order valence-corrected chi connectivity index (χ1v) is 9.88. The van der Waals surface area contributed by atoms with E-state index in [1.165, 1.54) is 5.56 Å². The van der Waals surface area contributed by atoms with Crippen LogP contribution in [0.2, 0.25) is 0 Å². The molecule has 2 aliphatic heterocycles. The lowest BCUT2D eigenvalue weighted by atomic mass is 9.98. The smallest absolute Gasteiger partial charge is 0.272 e. The molecule has 1 amide bonds. The van der Waals surface area contributed by atoms with Gasteiger partial charge in [-0.05, 0) is 42.8 Å². The molecule has 0 bridgehead atoms. The van der Waals surface area contributed by atoms with Crippen molar-refractivity contribution in [3.8, 4) is 11.5 Å². The van der Waals surface area contributed by atoms with Gasteiger partial charge in [-0.2, -0.15) is 0 Å². The second-order valence-corrected chi connectivity index (χ2v) is 7.48. The average Bonchev–Trinajstić information content (AvgIpc) is 2.77. The van der Waals surface area contributed by atoms with Gasteiger partial charge in [0.25, 0.3) is 5.91 Å². The number of ether oxygens (including phenoxy) is 2. The minimum absolute atomic E-state index is 0.0665. The van der Waals surface area contributed by atoms with Crippen LogP contribution < -0.4 is 14.4 Å². The Bertz CT molecular complexity index is 896. The molecule has 2 aromatic rings. The van der Waals surface area contributed by atoms with Gasteiger partial charge in [0.15, 0.2) is 11.5 Å². The Kier molecular flexibility index (Phi) is 5.53. The van der Waals surface area contributed by atoms with E-state index in [0.29, 0.717) is 30.5 Å². The fraction of sp³-hybridized carbons (Fsp3) is 0.476. The molecular formula is C21H27N5O3. The summed E-state index contributed by atoms with van der Waals surface area (Å²) >= 11 is 0. The van der Waals surface area contributed by atoms with Crippen LogP contribution in [0.25, 0.3) is 0 Å². The number of nitrogens with zero attached hydrogens (tertiary/aromatic N) is 5. The molecule has 0 atom stereocenters. The van der Waals surface area contributed by atoms with Crippen molar-refractivity contribution in [2.75, 3.05) is 58.9 Å². The van der Waals surface area contributed by atoms with Gasteiger partial charge in [0.1, 0.15) is 5.69 Å². The highest BCUT2D eigenvalue weighted by Crippen LogP contribution is 2.33. The number of likely N-dealkylation sites (N-methyl/N-ethyl adjacent to an activating group) is 1. The number of carbonyl (C=O) groups excluding carboxylic acids is 1. The molecule has 1 aromatic carbocycles. The summed E-state index contributed by atoms with van der Waals surface area (Å²) in [6.45, 7) is 4.85. The number of rotatable bonds is 4. The predicted octanol–water partition coefficient (Wildman–Crippen LogP) is 1.44. The highest BCUT2D eigenvalue weighted by Gasteiger charge is 2.25. The van der Waals surface area contributed by atoms with Gasteiger partial charge < -0.3 is 24.2 Å². The standard InChI is InChI=1S/C21H27N5O3/c1-24-8-10-25(11-9-24)21-22-6-4-17(23-21)20(27)26-7-5-15-12-18(28-2)19(29-3)13-16(15)14-26/h4,6,12-13H,5,7-11,14H2,1-3H3. The Morgan fingerprint density at radius 2 is 1.69 bits per heavy atom. The Hall–Kier alpha value is -2.87. The maximum atomic E-state index is 13.1. The van der Waals surface area contributed by atoms with Gasteiger partial charge in [0.2, 0.25) is 5.95 Å². The van der Waals surface area contributed by atoms with Crippen molar-refractivity contribution in [1.29, 1.82) is 0 Å². The van der Waals surface area contributed by atoms with E-state index in [1.807, 2.05) is 17.0 Å². The van der Waals surface area contributed by atoms with E-state index in [-0.39, 0.29) is 5.91 Å². The number of anilines is 1. The molecule has 0 N–H and O–H groups in total. The maximum Gasteiger partial charge on any atom is 0.272 e. The molecule has 4 rings (SSSR count). The van der Waals surface area contributed by atoms with Crippen LogP contribution in [-0.2, 0) is 13.0 Å². The van der Waals surface area contributed by atoms with E-state index in [2.05, 4.69) is 26.8 Å². The predicted molar refractivity (Wildman–Crippen MR) is 110 cm³/mol. The summed E-state index contributed by atoms with van der Waals surface area (Å²) in [6.07, 6.45) is 2.46. The zero-order valence-electron chi connectivity index (χ0n) is 17.2. The molecule has 0 spiro atoms. The highest BCUT2D eigenvalue weighted by atomic mass is 16.5. The van der Waals surface area contributed by atoms with E-state index in [4.69, 9.17) is 9.47 Å². The fourth-order valence-corrected chi connectivity index (χ4v) is 3.84. The van der Waals surface area contributed by atoms with Crippen molar-refractivity contribution in [1.82, 2.24) is 19.8 Å². The van der Waals surface area contributed by atoms with Gasteiger partial charge >= 0.3 is 0 Å². The first-order valence-electron chi connectivity index (χ1n) is 9.88. The van der Waals surface area contributed by atoms with Crippen molar-refractivity contribution < 1.29 is 14.3 Å². The molecule has 2 aliphatic rings. The second kappa shape index (κ2) is 8.24. The number of hydrogen-bond acceptors (Lipinski definition) is 7. The van der Waals surface area contributed by atoms with E-state index in [9.17, 15) is 4.79 Å². The van der Waals surface area contributed by atoms with Gasteiger partial charge in [-0.3, -0.25) is 4.79 Å². The average molecular weight is 397 g/mol. The van der Waals surface area contributed by atoms with E-state index >= 15 is 0 Å². The van der Waals surface area contributed by atoms with Crippen LogP contribution in [-0.4, -0.2) is 79.7 Å². The molecule has 0 saturated carbocycles. The molecule has 1 aromatic heterocycles. The number of methoxy groups -OCH3 is 2. The maximum absolute atomic E-state index is 13.1. The van der Waals surface area contributed by atoms with Crippen LogP contribution in [0.5, 0.6) is 11.5 Å². The molecule has 29 heavy (non-hydrogen) atoms. The van der Waals surface area contributed by atoms with Crippen molar-refractivity contribution in [2.24, 2.45) is 0 Å². The van der Waals surface area contributed by atoms with Gasteiger partial charge in [-0.1, -0.05) is 0 Å². The Morgan fingerprint density at radius 1 is 1.00 bits per heavy atom. The molecular weight excluding hydrogens is 370 g/mol. The minimum Gasteiger partial charge on any atom is -0.493 e. The van der Waals surface area contributed by atoms with Gasteiger partial charge in [0.05, 0.1) is 14.2 Å². The first-order chi connectivity index (χ1) is 14.1. The molecule has 0 aliphatic carbocycles. The van der Waals surface area contributed by atoms with Crippen LogP contribution in [0.3, 0.4) is 0 Å². The number of aromatic nitrogens is 2. The van der Waals surface area contributed by atoms with Gasteiger partial charge in [0, 0.05) is 45.5 Å². The molecule has 8 heteroatoms. The number of piperazine rings is 1. The third-order valence-electron chi connectivity index (χ3n) is 5.65. The quantitative estimate of drug-likeness (QED) is 0.773. The summed E-state index contributed by atoms with van der Waals surface area (Å²) in [5.74, 6) is 1.97. The van der Waals surface area contributed by atoms with Crippen molar-refractivity contribution in [2.45, 2.75) is 13.0 Å². The fourth-order valence-electron chi connectivity index (χ4n) is 3.84. The lowest BCUT2D eigenvalue weighted by Gasteiger charge is -2.32. The number of hydrogen-bond donors (Lipinski definition) is 0. The normalized spacial score (nSPS) is 17.1. The van der Waals surface area contributed by atoms with Crippen molar-refractivity contribution in [3.63, 3.8) is 0 Å². The van der Waals surface area contributed by atoms with Crippen LogP contribution in [0, 0.1) is 0 Å². The number of fused-ring (bicyclic) bond motifs is 1. The Labute approximate surface area is 171 Å². The van der Waals surface area contributed by atoms with Crippen LogP contribution in [0.4, 0.5) is 5.95 Å². The van der Waals surface area contributed by atoms with Crippen LogP contribution >= 0.6 is 0 Å². The second-order valence-electron chi connectivity index (χ2n) is 7.48. The third kappa shape index (κ3) is 3.98. The molecule has 1 saturated heterocycles. The molecule has 0 radical (unpaired) electrons. The largest absolute Gasteiger partial charge is 0.493 e. The molecule has 3 heterocycles. The van der Waals surface area contributed by atoms with Crippen LogP contribution in [0.1, 0.15) is 21.6 Å². The van der Waals surface area contributed by atoms with Crippen molar-refractivity contribution >= 4 is 11.9 Å². The zero-order valence-corrected chi connectivity index (χ0v) is 17.2. The van der Waals surface area contributed by atoms with E-state index < -0.39 is 0 Å². The monoisotopic (exact) mass is 397 g/mol. The summed E-state index contributed by atoms with van der Waals surface area (Å²) < 4.78 is 10.8. The number of carbonyl (C=O) groups is 1. The van der Waals surface area contributed by atoms with Gasteiger partial charge in [-0.25, -0.2) is 9.97 Å². The zero-order chi connectivity index (χ0) is 20.4. The summed E-state index contributed by atoms with van der Waals surface area (Å²) in [5.41, 5.74) is 2.71. The molecule has 0 unspecified atom stereocenters. The minimum atomic E-state index is -0.0665. The SMILES string of the molecule is COc1cc2c(cc1OC)CN(C(=O)c1ccnc(N3CCN(C)CC3)n1)CC2.